The second-order valence-corrected chi connectivity index (χ2v) is 8.88. The minimum Gasteiger partial charge on any atom is -0.497 e. The Balaban J connectivity index is 1.34. The van der Waals surface area contributed by atoms with Crippen molar-refractivity contribution in [1.29, 1.82) is 0 Å². The molecule has 0 spiro atoms. The largest absolute Gasteiger partial charge is 0.497 e. The molecule has 4 rings (SSSR count). The third kappa shape index (κ3) is 5.74. The summed E-state index contributed by atoms with van der Waals surface area (Å²) in [4.78, 5) is 6.61. The fourth-order valence-electron chi connectivity index (χ4n) is 4.79. The highest BCUT2D eigenvalue weighted by atomic mass is 19.1. The molecule has 0 radical (unpaired) electrons. The third-order valence-corrected chi connectivity index (χ3v) is 6.76. The van der Waals surface area contributed by atoms with E-state index in [0.717, 1.165) is 48.1 Å². The molecule has 5 nitrogen and oxygen atoms in total. The van der Waals surface area contributed by atoms with E-state index in [9.17, 15) is 14.6 Å². The average Bonchev–Trinajstić information content (AvgIpc) is 2.88. The maximum absolute atomic E-state index is 13.7. The van der Waals surface area contributed by atoms with Crippen LogP contribution in [0.2, 0.25) is 0 Å². The van der Waals surface area contributed by atoms with Gasteiger partial charge in [-0.25, -0.2) is 4.39 Å². The molecule has 3 atom stereocenters. The lowest BCUT2D eigenvalue weighted by Gasteiger charge is -2.37. The zero-order valence-electron chi connectivity index (χ0n) is 19.5. The van der Waals surface area contributed by atoms with E-state index < -0.39 is 6.10 Å². The van der Waals surface area contributed by atoms with E-state index in [1.54, 1.807) is 31.5 Å². The molecule has 2 aromatic carbocycles. The van der Waals surface area contributed by atoms with Crippen LogP contribution >= 0.6 is 0 Å². The smallest absolute Gasteiger partial charge is 0.138 e. The summed E-state index contributed by atoms with van der Waals surface area (Å²) in [6, 6.07) is 14.1. The quantitative estimate of drug-likeness (QED) is 0.516. The van der Waals surface area contributed by atoms with E-state index in [2.05, 4.69) is 21.7 Å². The SMILES string of the molecule is COc1ccc2nccc([C@@H](O)CC[C@@H]3CCN(CC#Cc4ccccc4F)C[C@@H]3CO)c2c1. The summed E-state index contributed by atoms with van der Waals surface area (Å²) in [7, 11) is 1.63. The first kappa shape index (κ1) is 24.2. The second-order valence-electron chi connectivity index (χ2n) is 8.88. The number of aromatic nitrogens is 1. The van der Waals surface area contributed by atoms with Gasteiger partial charge in [-0.15, -0.1) is 0 Å². The van der Waals surface area contributed by atoms with Crippen LogP contribution in [-0.2, 0) is 0 Å². The van der Waals surface area contributed by atoms with Gasteiger partial charge in [0.2, 0.25) is 0 Å². The van der Waals surface area contributed by atoms with E-state index in [1.165, 1.54) is 6.07 Å². The van der Waals surface area contributed by atoms with Crippen LogP contribution in [0.4, 0.5) is 4.39 Å². The van der Waals surface area contributed by atoms with Crippen LogP contribution in [0.5, 0.6) is 5.75 Å². The Morgan fingerprint density at radius 1 is 1.21 bits per heavy atom. The molecule has 1 saturated heterocycles. The number of methoxy groups -OCH3 is 1. The number of pyridine rings is 1. The third-order valence-electron chi connectivity index (χ3n) is 6.76. The number of fused-ring (bicyclic) bond motifs is 1. The first-order valence-corrected chi connectivity index (χ1v) is 11.8. The Kier molecular flexibility index (Phi) is 8.12. The van der Waals surface area contributed by atoms with Crippen molar-refractivity contribution in [2.45, 2.75) is 25.4 Å². The fourth-order valence-corrected chi connectivity index (χ4v) is 4.79. The van der Waals surface area contributed by atoms with E-state index in [-0.39, 0.29) is 18.3 Å². The molecular formula is C28H31FN2O3. The Morgan fingerprint density at radius 2 is 2.06 bits per heavy atom. The molecule has 34 heavy (non-hydrogen) atoms. The van der Waals surface area contributed by atoms with Crippen molar-refractivity contribution in [3.05, 3.63) is 71.7 Å². The lowest BCUT2D eigenvalue weighted by atomic mass is 9.81. The van der Waals surface area contributed by atoms with E-state index in [0.29, 0.717) is 24.4 Å². The van der Waals surface area contributed by atoms with Gasteiger partial charge in [-0.2, -0.15) is 0 Å². The standard InChI is InChI=1S/C28H31FN2O3/c1-34-23-9-10-27-25(17-23)24(12-14-30-27)28(33)11-8-20-13-16-31(18-22(20)19-32)15-4-6-21-5-2-3-7-26(21)29/h2-3,5,7,9-10,12,14,17,20,22,28,32-33H,8,11,13,15-16,18-19H2,1H3/t20-,22-,28+/m1/s1. The maximum Gasteiger partial charge on any atom is 0.138 e. The highest BCUT2D eigenvalue weighted by Crippen LogP contribution is 2.33. The van der Waals surface area contributed by atoms with Gasteiger partial charge in [0.25, 0.3) is 0 Å². The first-order chi connectivity index (χ1) is 16.6. The lowest BCUT2D eigenvalue weighted by Crippen LogP contribution is -2.42. The summed E-state index contributed by atoms with van der Waals surface area (Å²) < 4.78 is 19.1. The minimum absolute atomic E-state index is 0.105. The number of ether oxygens (including phenoxy) is 1. The van der Waals surface area contributed by atoms with E-state index in [4.69, 9.17) is 4.74 Å². The average molecular weight is 463 g/mol. The number of aliphatic hydroxyl groups excluding tert-OH is 2. The van der Waals surface area contributed by atoms with Crippen molar-refractivity contribution in [2.75, 3.05) is 33.4 Å². The van der Waals surface area contributed by atoms with Gasteiger partial charge >= 0.3 is 0 Å². The van der Waals surface area contributed by atoms with Gasteiger partial charge < -0.3 is 14.9 Å². The highest BCUT2D eigenvalue weighted by Gasteiger charge is 2.29. The molecule has 0 unspecified atom stereocenters. The second kappa shape index (κ2) is 11.4. The summed E-state index contributed by atoms with van der Waals surface area (Å²) in [5.74, 6) is 6.87. The number of halogens is 1. The highest BCUT2D eigenvalue weighted by molar-refractivity contribution is 5.83. The molecule has 0 saturated carbocycles. The Morgan fingerprint density at radius 3 is 2.85 bits per heavy atom. The number of likely N-dealkylation sites (tertiary alicyclic amines) is 1. The Labute approximate surface area is 200 Å². The van der Waals surface area contributed by atoms with Crippen molar-refractivity contribution in [1.82, 2.24) is 9.88 Å². The number of hydrogen-bond donors (Lipinski definition) is 2. The molecule has 2 heterocycles. The summed E-state index contributed by atoms with van der Waals surface area (Å²) in [6.07, 6.45) is 3.50. The predicted molar refractivity (Wildman–Crippen MR) is 131 cm³/mol. The zero-order chi connectivity index (χ0) is 23.9. The van der Waals surface area contributed by atoms with Crippen LogP contribution in [0.3, 0.4) is 0 Å². The van der Waals surface area contributed by atoms with E-state index >= 15 is 0 Å². The zero-order valence-corrected chi connectivity index (χ0v) is 19.5. The molecule has 1 aromatic heterocycles. The number of piperidine rings is 1. The van der Waals surface area contributed by atoms with Crippen molar-refractivity contribution >= 4 is 10.9 Å². The van der Waals surface area contributed by atoms with Crippen molar-refractivity contribution < 1.29 is 19.3 Å². The molecule has 2 N–H and O–H groups in total. The summed E-state index contributed by atoms with van der Waals surface area (Å²) in [6.45, 7) is 2.27. The maximum atomic E-state index is 13.7. The first-order valence-electron chi connectivity index (χ1n) is 11.8. The molecule has 178 valence electrons. The van der Waals surface area contributed by atoms with Gasteiger partial charge in [0, 0.05) is 24.7 Å². The summed E-state index contributed by atoms with van der Waals surface area (Å²) in [5.41, 5.74) is 2.09. The lowest BCUT2D eigenvalue weighted by molar-refractivity contribution is 0.0640. The van der Waals surface area contributed by atoms with Gasteiger partial charge in [-0.05, 0) is 79.6 Å². The number of nitrogens with zero attached hydrogens (tertiary/aromatic N) is 2. The number of rotatable bonds is 7. The van der Waals surface area contributed by atoms with Crippen LogP contribution in [0, 0.1) is 29.5 Å². The molecule has 0 amide bonds. The molecule has 1 aliphatic rings. The van der Waals surface area contributed by atoms with Crippen LogP contribution in [-0.4, -0.2) is 53.4 Å². The molecule has 1 aliphatic heterocycles. The van der Waals surface area contributed by atoms with Gasteiger partial charge in [0.05, 0.1) is 30.8 Å². The Bertz CT molecular complexity index is 1170. The van der Waals surface area contributed by atoms with Crippen molar-refractivity contribution in [2.24, 2.45) is 11.8 Å². The van der Waals surface area contributed by atoms with Crippen LogP contribution in [0.25, 0.3) is 10.9 Å². The van der Waals surface area contributed by atoms with Crippen molar-refractivity contribution in [3.8, 4) is 17.6 Å². The fraction of sp³-hybridized carbons (Fsp3) is 0.393. The molecular weight excluding hydrogens is 431 g/mol. The number of aliphatic hydroxyl groups is 2. The minimum atomic E-state index is -0.610. The predicted octanol–water partition coefficient (Wildman–Crippen LogP) is 4.18. The van der Waals surface area contributed by atoms with Gasteiger partial charge in [-0.3, -0.25) is 9.88 Å². The van der Waals surface area contributed by atoms with Gasteiger partial charge in [-0.1, -0.05) is 24.0 Å². The monoisotopic (exact) mass is 462 g/mol. The summed E-state index contributed by atoms with van der Waals surface area (Å²) in [5, 5.41) is 21.9. The van der Waals surface area contributed by atoms with Crippen LogP contribution in [0.1, 0.15) is 36.5 Å². The summed E-state index contributed by atoms with van der Waals surface area (Å²) >= 11 is 0. The molecule has 3 aromatic rings. The van der Waals surface area contributed by atoms with E-state index in [1.807, 2.05) is 24.3 Å². The van der Waals surface area contributed by atoms with Crippen LogP contribution < -0.4 is 4.74 Å². The van der Waals surface area contributed by atoms with Gasteiger partial charge in [0.15, 0.2) is 0 Å². The Hall–Kier alpha value is -2.98. The number of benzene rings is 2. The van der Waals surface area contributed by atoms with Crippen molar-refractivity contribution in [3.63, 3.8) is 0 Å². The number of hydrogen-bond acceptors (Lipinski definition) is 5. The molecule has 0 bridgehead atoms. The van der Waals surface area contributed by atoms with Gasteiger partial charge in [0.1, 0.15) is 11.6 Å². The normalized spacial score (nSPS) is 19.4. The molecule has 6 heteroatoms. The molecule has 1 fully saturated rings. The topological polar surface area (TPSA) is 65.8 Å². The van der Waals surface area contributed by atoms with Crippen LogP contribution in [0.15, 0.2) is 54.7 Å². The molecule has 0 aliphatic carbocycles.